The molecule has 1 saturated heterocycles. The van der Waals surface area contributed by atoms with Crippen LogP contribution < -0.4 is 5.73 Å². The van der Waals surface area contributed by atoms with Crippen molar-refractivity contribution in [3.8, 4) is 0 Å². The highest BCUT2D eigenvalue weighted by atomic mass is 16.5. The minimum Gasteiger partial charge on any atom is -0.379 e. The van der Waals surface area contributed by atoms with Gasteiger partial charge in [-0.15, -0.1) is 0 Å². The minimum atomic E-state index is -0.680. The number of nitrogens with zero attached hydrogens (tertiary/aromatic N) is 2. The van der Waals surface area contributed by atoms with E-state index in [0.717, 1.165) is 5.56 Å². The van der Waals surface area contributed by atoms with Crippen LogP contribution in [0.3, 0.4) is 0 Å². The van der Waals surface area contributed by atoms with Crippen molar-refractivity contribution in [3.63, 3.8) is 0 Å². The van der Waals surface area contributed by atoms with Gasteiger partial charge in [-0.2, -0.15) is 4.98 Å². The van der Waals surface area contributed by atoms with Crippen LogP contribution in [0.25, 0.3) is 0 Å². The molecular formula is C14H17N3O3. The molecular weight excluding hydrogens is 258 g/mol. The molecule has 6 nitrogen and oxygen atoms in total. The number of rotatable bonds is 4. The Kier molecular flexibility index (Phi) is 3.52. The monoisotopic (exact) mass is 275 g/mol. The van der Waals surface area contributed by atoms with Crippen molar-refractivity contribution in [3.05, 3.63) is 47.6 Å². The molecule has 1 aliphatic rings. The summed E-state index contributed by atoms with van der Waals surface area (Å²) < 4.78 is 16.1. The first-order valence-corrected chi connectivity index (χ1v) is 6.51. The molecule has 2 atom stereocenters. The van der Waals surface area contributed by atoms with E-state index in [0.29, 0.717) is 31.3 Å². The average Bonchev–Trinajstić information content (AvgIpc) is 3.11. The van der Waals surface area contributed by atoms with Crippen molar-refractivity contribution in [1.82, 2.24) is 10.1 Å². The van der Waals surface area contributed by atoms with Crippen molar-refractivity contribution in [1.29, 1.82) is 0 Å². The quantitative estimate of drug-likeness (QED) is 0.907. The lowest BCUT2D eigenvalue weighted by molar-refractivity contribution is 0.126. The molecule has 0 spiro atoms. The Bertz CT molecular complexity index is 564. The van der Waals surface area contributed by atoms with Crippen LogP contribution in [0.2, 0.25) is 0 Å². The molecule has 0 amide bonds. The third kappa shape index (κ3) is 2.33. The molecule has 1 fully saturated rings. The maximum absolute atomic E-state index is 6.21. The largest absolute Gasteiger partial charge is 0.379 e. The predicted molar refractivity (Wildman–Crippen MR) is 70.9 cm³/mol. The highest BCUT2D eigenvalue weighted by Crippen LogP contribution is 2.29. The molecule has 0 radical (unpaired) electrons. The van der Waals surface area contributed by atoms with E-state index in [1.54, 1.807) is 7.11 Å². The molecule has 3 rings (SSSR count). The highest BCUT2D eigenvalue weighted by Gasteiger charge is 2.38. The van der Waals surface area contributed by atoms with Crippen LogP contribution in [0, 0.1) is 0 Å². The van der Waals surface area contributed by atoms with Crippen molar-refractivity contribution >= 4 is 0 Å². The second kappa shape index (κ2) is 5.32. The Hall–Kier alpha value is -1.76. The summed E-state index contributed by atoms with van der Waals surface area (Å²) in [5.41, 5.74) is 6.50. The van der Waals surface area contributed by atoms with Crippen LogP contribution >= 0.6 is 0 Å². The fourth-order valence-electron chi connectivity index (χ4n) is 2.31. The summed E-state index contributed by atoms with van der Waals surface area (Å²) in [6.07, 6.45) is 0.317. The number of ether oxygens (including phenoxy) is 2. The van der Waals surface area contributed by atoms with Gasteiger partial charge in [0.05, 0.1) is 6.61 Å². The average molecular weight is 275 g/mol. The minimum absolute atomic E-state index is 0.361. The van der Waals surface area contributed by atoms with Crippen molar-refractivity contribution in [2.45, 2.75) is 18.1 Å². The number of methoxy groups -OCH3 is 1. The molecule has 0 aliphatic carbocycles. The van der Waals surface area contributed by atoms with Gasteiger partial charge in [0.25, 0.3) is 0 Å². The van der Waals surface area contributed by atoms with Gasteiger partial charge in [0.2, 0.25) is 11.7 Å². The molecule has 1 aliphatic heterocycles. The van der Waals surface area contributed by atoms with Gasteiger partial charge in [0.1, 0.15) is 11.6 Å². The van der Waals surface area contributed by atoms with Crippen molar-refractivity contribution in [2.75, 3.05) is 20.3 Å². The molecule has 2 aromatic rings. The van der Waals surface area contributed by atoms with Crippen LogP contribution in [-0.4, -0.2) is 30.5 Å². The standard InChI is InChI=1S/C14H17N3O3/c1-18-11(10-5-3-2-4-6-10)12-16-13(20-17-12)14(15)7-8-19-9-14/h2-6,11H,7-9,15H2,1H3. The molecule has 1 aromatic carbocycles. The summed E-state index contributed by atoms with van der Waals surface area (Å²) in [4.78, 5) is 4.40. The molecule has 106 valence electrons. The lowest BCUT2D eigenvalue weighted by Gasteiger charge is -2.15. The van der Waals surface area contributed by atoms with E-state index in [4.69, 9.17) is 19.7 Å². The molecule has 20 heavy (non-hydrogen) atoms. The van der Waals surface area contributed by atoms with Crippen molar-refractivity contribution in [2.24, 2.45) is 5.73 Å². The predicted octanol–water partition coefficient (Wildman–Crippen LogP) is 1.38. The third-order valence-electron chi connectivity index (χ3n) is 3.49. The normalized spacial score (nSPS) is 23.9. The van der Waals surface area contributed by atoms with E-state index in [9.17, 15) is 0 Å². The van der Waals surface area contributed by atoms with Crippen LogP contribution in [0.4, 0.5) is 0 Å². The summed E-state index contributed by atoms with van der Waals surface area (Å²) >= 11 is 0. The lowest BCUT2D eigenvalue weighted by Crippen LogP contribution is -2.37. The Labute approximate surface area is 116 Å². The van der Waals surface area contributed by atoms with E-state index in [1.807, 2.05) is 30.3 Å². The Morgan fingerprint density at radius 2 is 2.15 bits per heavy atom. The van der Waals surface area contributed by atoms with E-state index >= 15 is 0 Å². The fraction of sp³-hybridized carbons (Fsp3) is 0.429. The molecule has 2 N–H and O–H groups in total. The van der Waals surface area contributed by atoms with E-state index in [2.05, 4.69) is 10.1 Å². The van der Waals surface area contributed by atoms with E-state index in [-0.39, 0.29) is 6.10 Å². The van der Waals surface area contributed by atoms with Crippen LogP contribution in [0.1, 0.15) is 29.8 Å². The summed E-state index contributed by atoms with van der Waals surface area (Å²) in [5.74, 6) is 0.883. The Morgan fingerprint density at radius 3 is 2.80 bits per heavy atom. The number of nitrogens with two attached hydrogens (primary N) is 1. The molecule has 2 heterocycles. The number of aromatic nitrogens is 2. The smallest absolute Gasteiger partial charge is 0.249 e. The molecule has 2 unspecified atom stereocenters. The summed E-state index contributed by atoms with van der Waals surface area (Å²) in [5, 5.41) is 4.01. The van der Waals surface area contributed by atoms with Gasteiger partial charge in [-0.05, 0) is 12.0 Å². The van der Waals surface area contributed by atoms with Gasteiger partial charge in [-0.25, -0.2) is 0 Å². The first-order valence-electron chi connectivity index (χ1n) is 6.51. The highest BCUT2D eigenvalue weighted by molar-refractivity contribution is 5.23. The first kappa shape index (κ1) is 13.2. The molecule has 0 bridgehead atoms. The van der Waals surface area contributed by atoms with E-state index in [1.165, 1.54) is 0 Å². The summed E-state index contributed by atoms with van der Waals surface area (Å²) in [6, 6.07) is 9.75. The molecule has 6 heteroatoms. The van der Waals surface area contributed by atoms with Crippen LogP contribution in [-0.2, 0) is 15.0 Å². The van der Waals surface area contributed by atoms with Gasteiger partial charge < -0.3 is 19.7 Å². The topological polar surface area (TPSA) is 83.4 Å². The number of hydrogen-bond donors (Lipinski definition) is 1. The van der Waals surface area contributed by atoms with E-state index < -0.39 is 5.54 Å². The zero-order valence-electron chi connectivity index (χ0n) is 11.3. The zero-order chi connectivity index (χ0) is 14.0. The Morgan fingerprint density at radius 1 is 1.35 bits per heavy atom. The Balaban J connectivity index is 1.89. The second-order valence-corrected chi connectivity index (χ2v) is 4.94. The van der Waals surface area contributed by atoms with Gasteiger partial charge >= 0.3 is 0 Å². The maximum Gasteiger partial charge on any atom is 0.249 e. The maximum atomic E-state index is 6.21. The van der Waals surface area contributed by atoms with Crippen LogP contribution in [0.15, 0.2) is 34.9 Å². The SMILES string of the molecule is COC(c1ccccc1)c1noc(C2(N)CCOC2)n1. The molecule has 1 aromatic heterocycles. The first-order chi connectivity index (χ1) is 9.73. The third-order valence-corrected chi connectivity index (χ3v) is 3.49. The number of benzene rings is 1. The molecule has 0 saturated carbocycles. The van der Waals surface area contributed by atoms with Gasteiger partial charge in [-0.3, -0.25) is 0 Å². The van der Waals surface area contributed by atoms with Crippen molar-refractivity contribution < 1.29 is 14.0 Å². The number of hydrogen-bond acceptors (Lipinski definition) is 6. The summed E-state index contributed by atoms with van der Waals surface area (Å²) in [7, 11) is 1.62. The lowest BCUT2D eigenvalue weighted by atomic mass is 10.0. The van der Waals surface area contributed by atoms with Gasteiger partial charge in [0, 0.05) is 13.7 Å². The zero-order valence-corrected chi connectivity index (χ0v) is 11.3. The van der Waals surface area contributed by atoms with Crippen LogP contribution in [0.5, 0.6) is 0 Å². The van der Waals surface area contributed by atoms with Gasteiger partial charge in [0.15, 0.2) is 0 Å². The second-order valence-electron chi connectivity index (χ2n) is 4.94. The summed E-state index contributed by atoms with van der Waals surface area (Å²) in [6.45, 7) is 1.01. The fourth-order valence-corrected chi connectivity index (χ4v) is 2.31. The van der Waals surface area contributed by atoms with Gasteiger partial charge in [-0.1, -0.05) is 35.5 Å².